The molecule has 2 rings (SSSR count). The van der Waals surface area contributed by atoms with Crippen LogP contribution >= 0.6 is 15.9 Å². The lowest BCUT2D eigenvalue weighted by molar-refractivity contribution is 0.102. The molecule has 0 bridgehead atoms. The van der Waals surface area contributed by atoms with Crippen molar-refractivity contribution >= 4 is 27.5 Å². The number of methoxy groups -OCH3 is 2. The number of anilines is 1. The van der Waals surface area contributed by atoms with Crippen LogP contribution in [-0.2, 0) is 0 Å². The molecule has 0 aliphatic heterocycles. The average molecular weight is 350 g/mol. The minimum absolute atomic E-state index is 0.226. The molecule has 5 heteroatoms. The second kappa shape index (κ2) is 6.63. The summed E-state index contributed by atoms with van der Waals surface area (Å²) >= 11 is 3.40. The molecule has 0 fully saturated rings. The van der Waals surface area contributed by atoms with Gasteiger partial charge in [-0.2, -0.15) is 0 Å². The maximum Gasteiger partial charge on any atom is 0.259 e. The molecule has 0 heterocycles. The van der Waals surface area contributed by atoms with Gasteiger partial charge in [0.25, 0.3) is 5.91 Å². The van der Waals surface area contributed by atoms with Crippen molar-refractivity contribution in [3.63, 3.8) is 0 Å². The lowest BCUT2D eigenvalue weighted by Gasteiger charge is -2.12. The Kier molecular flexibility index (Phi) is 4.85. The minimum Gasteiger partial charge on any atom is -0.497 e. The highest BCUT2D eigenvalue weighted by Gasteiger charge is 2.14. The van der Waals surface area contributed by atoms with Crippen molar-refractivity contribution < 1.29 is 14.3 Å². The smallest absolute Gasteiger partial charge is 0.259 e. The lowest BCUT2D eigenvalue weighted by Crippen LogP contribution is -2.14. The molecule has 2 aromatic rings. The third-order valence-electron chi connectivity index (χ3n) is 3.10. The van der Waals surface area contributed by atoms with E-state index in [1.54, 1.807) is 25.3 Å². The van der Waals surface area contributed by atoms with Gasteiger partial charge in [-0.15, -0.1) is 0 Å². The summed E-state index contributed by atoms with van der Waals surface area (Å²) in [4.78, 5) is 12.4. The maximum atomic E-state index is 12.4. The van der Waals surface area contributed by atoms with Crippen LogP contribution in [0.4, 0.5) is 5.69 Å². The molecule has 0 atom stereocenters. The molecule has 0 aliphatic rings. The normalized spacial score (nSPS) is 10.1. The van der Waals surface area contributed by atoms with Gasteiger partial charge >= 0.3 is 0 Å². The van der Waals surface area contributed by atoms with Gasteiger partial charge in [-0.05, 0) is 36.8 Å². The number of carbonyl (C=O) groups excluding carboxylic acids is 1. The number of hydrogen-bond acceptors (Lipinski definition) is 3. The van der Waals surface area contributed by atoms with E-state index in [1.807, 2.05) is 25.1 Å². The van der Waals surface area contributed by atoms with Gasteiger partial charge < -0.3 is 14.8 Å². The molecule has 0 saturated heterocycles. The van der Waals surface area contributed by atoms with Crippen LogP contribution < -0.4 is 14.8 Å². The fraction of sp³-hybridized carbons (Fsp3) is 0.188. The second-order valence-electron chi connectivity index (χ2n) is 4.48. The molecule has 0 saturated carbocycles. The minimum atomic E-state index is -0.226. The molecular weight excluding hydrogens is 334 g/mol. The van der Waals surface area contributed by atoms with E-state index >= 15 is 0 Å². The van der Waals surface area contributed by atoms with Gasteiger partial charge in [0.15, 0.2) is 0 Å². The quantitative estimate of drug-likeness (QED) is 0.906. The first-order valence-corrected chi connectivity index (χ1v) is 7.14. The average Bonchev–Trinajstić information content (AvgIpc) is 2.50. The van der Waals surface area contributed by atoms with E-state index < -0.39 is 0 Å². The molecule has 0 aliphatic carbocycles. The summed E-state index contributed by atoms with van der Waals surface area (Å²) in [7, 11) is 3.09. The zero-order valence-electron chi connectivity index (χ0n) is 12.1. The van der Waals surface area contributed by atoms with Crippen LogP contribution in [-0.4, -0.2) is 20.1 Å². The van der Waals surface area contributed by atoms with Crippen LogP contribution in [0.25, 0.3) is 0 Å². The Balaban J connectivity index is 2.30. The summed E-state index contributed by atoms with van der Waals surface area (Å²) in [6.45, 7) is 1.94. The van der Waals surface area contributed by atoms with Crippen LogP contribution in [0.2, 0.25) is 0 Å². The van der Waals surface area contributed by atoms with E-state index in [4.69, 9.17) is 9.47 Å². The zero-order chi connectivity index (χ0) is 15.4. The first-order valence-electron chi connectivity index (χ1n) is 6.34. The van der Waals surface area contributed by atoms with E-state index in [2.05, 4.69) is 21.2 Å². The SMILES string of the molecule is COc1ccc(C(=O)Nc2cc(Br)ccc2C)c(OC)c1. The second-order valence-corrected chi connectivity index (χ2v) is 5.40. The maximum absolute atomic E-state index is 12.4. The summed E-state index contributed by atoms with van der Waals surface area (Å²) in [5.74, 6) is 0.886. The third-order valence-corrected chi connectivity index (χ3v) is 3.59. The third kappa shape index (κ3) is 3.55. The molecule has 4 nitrogen and oxygen atoms in total. The Bertz CT molecular complexity index is 671. The Morgan fingerprint density at radius 1 is 1.10 bits per heavy atom. The Labute approximate surface area is 132 Å². The molecule has 0 unspecified atom stereocenters. The van der Waals surface area contributed by atoms with Gasteiger partial charge in [0.1, 0.15) is 11.5 Å². The number of amides is 1. The van der Waals surface area contributed by atoms with Gasteiger partial charge in [-0.3, -0.25) is 4.79 Å². The molecule has 1 amide bonds. The highest BCUT2D eigenvalue weighted by Crippen LogP contribution is 2.27. The van der Waals surface area contributed by atoms with Gasteiger partial charge in [-0.1, -0.05) is 22.0 Å². The van der Waals surface area contributed by atoms with Crippen LogP contribution in [0.5, 0.6) is 11.5 Å². The van der Waals surface area contributed by atoms with Gasteiger partial charge in [0.05, 0.1) is 19.8 Å². The van der Waals surface area contributed by atoms with E-state index in [0.29, 0.717) is 17.1 Å². The van der Waals surface area contributed by atoms with Crippen LogP contribution in [0.1, 0.15) is 15.9 Å². The molecule has 2 aromatic carbocycles. The Hall–Kier alpha value is -2.01. The van der Waals surface area contributed by atoms with Gasteiger partial charge in [0, 0.05) is 16.2 Å². The highest BCUT2D eigenvalue weighted by molar-refractivity contribution is 9.10. The van der Waals surface area contributed by atoms with Gasteiger partial charge in [0.2, 0.25) is 0 Å². The highest BCUT2D eigenvalue weighted by atomic mass is 79.9. The van der Waals surface area contributed by atoms with Crippen molar-refractivity contribution in [1.29, 1.82) is 0 Å². The standard InChI is InChI=1S/C16H16BrNO3/c1-10-4-5-11(17)8-14(10)18-16(19)13-7-6-12(20-2)9-15(13)21-3/h4-9H,1-3H3,(H,18,19). The summed E-state index contributed by atoms with van der Waals surface area (Å²) < 4.78 is 11.3. The number of hydrogen-bond donors (Lipinski definition) is 1. The molecule has 0 spiro atoms. The summed E-state index contributed by atoms with van der Waals surface area (Å²) in [6.07, 6.45) is 0. The lowest BCUT2D eigenvalue weighted by atomic mass is 10.1. The van der Waals surface area contributed by atoms with E-state index in [9.17, 15) is 4.79 Å². The van der Waals surface area contributed by atoms with Crippen LogP contribution in [0.15, 0.2) is 40.9 Å². The number of carbonyl (C=O) groups is 1. The monoisotopic (exact) mass is 349 g/mol. The number of benzene rings is 2. The molecular formula is C16H16BrNO3. The molecule has 0 aromatic heterocycles. The number of ether oxygens (including phenoxy) is 2. The molecule has 1 N–H and O–H groups in total. The summed E-state index contributed by atoms with van der Waals surface area (Å²) in [5.41, 5.74) is 2.20. The first kappa shape index (κ1) is 15.4. The predicted molar refractivity (Wildman–Crippen MR) is 86.4 cm³/mol. The zero-order valence-corrected chi connectivity index (χ0v) is 13.7. The number of rotatable bonds is 4. The fourth-order valence-electron chi connectivity index (χ4n) is 1.90. The van der Waals surface area contributed by atoms with Crippen LogP contribution in [0, 0.1) is 6.92 Å². The Morgan fingerprint density at radius 3 is 2.52 bits per heavy atom. The van der Waals surface area contributed by atoms with Crippen molar-refractivity contribution in [2.24, 2.45) is 0 Å². The Morgan fingerprint density at radius 2 is 1.86 bits per heavy atom. The number of nitrogens with one attached hydrogen (secondary N) is 1. The van der Waals surface area contributed by atoms with Crippen molar-refractivity contribution in [2.45, 2.75) is 6.92 Å². The summed E-state index contributed by atoms with van der Waals surface area (Å²) in [5, 5.41) is 2.89. The van der Waals surface area contributed by atoms with Crippen molar-refractivity contribution in [3.05, 3.63) is 52.0 Å². The van der Waals surface area contributed by atoms with Crippen molar-refractivity contribution in [3.8, 4) is 11.5 Å². The van der Waals surface area contributed by atoms with Crippen molar-refractivity contribution in [1.82, 2.24) is 0 Å². The number of aryl methyl sites for hydroxylation is 1. The fourth-order valence-corrected chi connectivity index (χ4v) is 2.27. The molecule has 21 heavy (non-hydrogen) atoms. The molecule has 0 radical (unpaired) electrons. The van der Waals surface area contributed by atoms with E-state index in [1.165, 1.54) is 7.11 Å². The molecule has 110 valence electrons. The number of halogens is 1. The van der Waals surface area contributed by atoms with Gasteiger partial charge in [-0.25, -0.2) is 0 Å². The topological polar surface area (TPSA) is 47.6 Å². The van der Waals surface area contributed by atoms with E-state index in [-0.39, 0.29) is 5.91 Å². The summed E-state index contributed by atoms with van der Waals surface area (Å²) in [6, 6.07) is 10.8. The van der Waals surface area contributed by atoms with Crippen molar-refractivity contribution in [2.75, 3.05) is 19.5 Å². The van der Waals surface area contributed by atoms with Crippen LogP contribution in [0.3, 0.4) is 0 Å². The first-order chi connectivity index (χ1) is 10.0. The largest absolute Gasteiger partial charge is 0.497 e. The predicted octanol–water partition coefficient (Wildman–Crippen LogP) is 4.03. The van der Waals surface area contributed by atoms with E-state index in [0.717, 1.165) is 15.7 Å².